The summed E-state index contributed by atoms with van der Waals surface area (Å²) in [7, 11) is 0. The Labute approximate surface area is 199 Å². The second-order valence-corrected chi connectivity index (χ2v) is 9.58. The Balaban J connectivity index is 1.53. The summed E-state index contributed by atoms with van der Waals surface area (Å²) in [6.45, 7) is 3.70. The van der Waals surface area contributed by atoms with E-state index in [1.165, 1.54) is 16.7 Å². The molecule has 0 saturated carbocycles. The molecule has 0 fully saturated rings. The number of pyridine rings is 1. The predicted octanol–water partition coefficient (Wildman–Crippen LogP) is 5.85. The van der Waals surface area contributed by atoms with Gasteiger partial charge >= 0.3 is 0 Å². The van der Waals surface area contributed by atoms with Gasteiger partial charge in [0.05, 0.1) is 16.6 Å². The summed E-state index contributed by atoms with van der Waals surface area (Å²) < 4.78 is 2.07. The van der Waals surface area contributed by atoms with Gasteiger partial charge in [-0.25, -0.2) is 0 Å². The van der Waals surface area contributed by atoms with Crippen molar-refractivity contribution < 1.29 is 0 Å². The second-order valence-electron chi connectivity index (χ2n) is 8.57. The third kappa shape index (κ3) is 4.54. The molecular weight excluding hydrogens is 424 g/mol. The highest BCUT2D eigenvalue weighted by atomic mass is 32.2. The number of rotatable bonds is 7. The second kappa shape index (κ2) is 9.82. The van der Waals surface area contributed by atoms with Crippen LogP contribution in [0.1, 0.15) is 28.3 Å². The molecule has 0 aliphatic carbocycles. The van der Waals surface area contributed by atoms with Gasteiger partial charge in [-0.2, -0.15) is 0 Å². The van der Waals surface area contributed by atoms with Crippen molar-refractivity contribution in [2.45, 2.75) is 31.0 Å². The third-order valence-corrected chi connectivity index (χ3v) is 7.62. The first-order valence-electron chi connectivity index (χ1n) is 11.5. The molecule has 5 rings (SSSR count). The van der Waals surface area contributed by atoms with Gasteiger partial charge in [0, 0.05) is 25.3 Å². The van der Waals surface area contributed by atoms with Crippen molar-refractivity contribution in [1.29, 1.82) is 0 Å². The number of benzene rings is 3. The van der Waals surface area contributed by atoms with Gasteiger partial charge in [-0.1, -0.05) is 91.0 Å². The Kier molecular flexibility index (Phi) is 6.47. The Morgan fingerprint density at radius 1 is 0.879 bits per heavy atom. The van der Waals surface area contributed by atoms with E-state index in [1.807, 2.05) is 48.2 Å². The largest absolute Gasteiger partial charge is 0.311 e. The molecule has 0 bridgehead atoms. The summed E-state index contributed by atoms with van der Waals surface area (Å²) in [5.41, 5.74) is 6.86. The molecule has 4 aromatic rings. The van der Waals surface area contributed by atoms with Gasteiger partial charge < -0.3 is 5.32 Å². The molecule has 1 N–H and O–H groups in total. The summed E-state index contributed by atoms with van der Waals surface area (Å²) in [5, 5.41) is 4.71. The van der Waals surface area contributed by atoms with E-state index in [-0.39, 0.29) is 11.6 Å². The molecule has 33 heavy (non-hydrogen) atoms. The predicted molar refractivity (Wildman–Crippen MR) is 138 cm³/mol. The van der Waals surface area contributed by atoms with Crippen molar-refractivity contribution in [3.63, 3.8) is 0 Å². The third-order valence-electron chi connectivity index (χ3n) is 6.35. The maximum absolute atomic E-state index is 13.9. The fourth-order valence-electron chi connectivity index (χ4n) is 4.65. The number of hydrogen-bond acceptors (Lipinski definition) is 3. The number of hydrogen-bond donors (Lipinski definition) is 1. The average Bonchev–Trinajstić information content (AvgIpc) is 3.28. The fraction of sp³-hybridized carbons (Fsp3) is 0.207. The van der Waals surface area contributed by atoms with Gasteiger partial charge in [0.15, 0.2) is 0 Å². The molecule has 3 nitrogen and oxygen atoms in total. The Morgan fingerprint density at radius 3 is 2.15 bits per heavy atom. The molecule has 4 heteroatoms. The molecule has 0 amide bonds. The molecule has 1 aliphatic heterocycles. The average molecular weight is 453 g/mol. The minimum atomic E-state index is 0.127. The van der Waals surface area contributed by atoms with E-state index >= 15 is 0 Å². The summed E-state index contributed by atoms with van der Waals surface area (Å²) in [4.78, 5) is 13.9. The molecule has 1 atom stereocenters. The topological polar surface area (TPSA) is 34.0 Å². The van der Waals surface area contributed by atoms with Crippen molar-refractivity contribution in [1.82, 2.24) is 9.88 Å². The van der Waals surface area contributed by atoms with E-state index in [0.29, 0.717) is 0 Å². The monoisotopic (exact) mass is 452 g/mol. The normalized spacial score (nSPS) is 14.9. The lowest BCUT2D eigenvalue weighted by atomic mass is 9.94. The highest BCUT2D eigenvalue weighted by Crippen LogP contribution is 2.39. The van der Waals surface area contributed by atoms with Gasteiger partial charge in [-0.15, -0.1) is 11.8 Å². The van der Waals surface area contributed by atoms with E-state index in [9.17, 15) is 4.79 Å². The SMILES string of the molecule is Cc1c(Cc2ccccc2)c2n(c(=O)c1-c1ccccc1)C(CNCc1ccccc1)CS2. The van der Waals surface area contributed by atoms with E-state index in [1.54, 1.807) is 0 Å². The van der Waals surface area contributed by atoms with Crippen LogP contribution >= 0.6 is 11.8 Å². The van der Waals surface area contributed by atoms with Crippen LogP contribution in [0.3, 0.4) is 0 Å². The number of thioether (sulfide) groups is 1. The quantitative estimate of drug-likeness (QED) is 0.382. The number of nitrogens with one attached hydrogen (secondary N) is 1. The van der Waals surface area contributed by atoms with Gasteiger partial charge in [0.1, 0.15) is 0 Å². The minimum Gasteiger partial charge on any atom is -0.311 e. The Hall–Kier alpha value is -3.08. The van der Waals surface area contributed by atoms with E-state index < -0.39 is 0 Å². The van der Waals surface area contributed by atoms with Crippen molar-refractivity contribution in [3.8, 4) is 11.1 Å². The number of fused-ring (bicyclic) bond motifs is 1. The van der Waals surface area contributed by atoms with Crippen LogP contribution in [0, 0.1) is 6.92 Å². The van der Waals surface area contributed by atoms with E-state index in [4.69, 9.17) is 0 Å². The van der Waals surface area contributed by atoms with Crippen LogP contribution < -0.4 is 10.9 Å². The molecule has 2 heterocycles. The molecule has 1 aliphatic rings. The molecular formula is C29H28N2OS. The zero-order valence-electron chi connectivity index (χ0n) is 18.8. The standard InChI is InChI=1S/C29H28N2OS/c1-21-26(17-22-11-5-2-6-12-22)29-31(28(32)27(21)24-15-9-4-10-16-24)25(20-33-29)19-30-18-23-13-7-3-8-14-23/h2-16,25,30H,17-20H2,1H3. The van der Waals surface area contributed by atoms with Crippen molar-refractivity contribution >= 4 is 11.8 Å². The lowest BCUT2D eigenvalue weighted by molar-refractivity contribution is 0.473. The first kappa shape index (κ1) is 21.7. The van der Waals surface area contributed by atoms with Crippen LogP contribution in [0.15, 0.2) is 101 Å². The Morgan fingerprint density at radius 2 is 1.48 bits per heavy atom. The summed E-state index contributed by atoms with van der Waals surface area (Å²) in [6, 6.07) is 31.2. The summed E-state index contributed by atoms with van der Waals surface area (Å²) >= 11 is 1.82. The fourth-order valence-corrected chi connectivity index (χ4v) is 6.04. The lowest BCUT2D eigenvalue weighted by Gasteiger charge is -2.21. The van der Waals surface area contributed by atoms with Crippen LogP contribution in [0.25, 0.3) is 11.1 Å². The first-order chi connectivity index (χ1) is 16.2. The zero-order chi connectivity index (χ0) is 22.6. The van der Waals surface area contributed by atoms with Crippen LogP contribution in [0.5, 0.6) is 0 Å². The summed E-state index contributed by atoms with van der Waals surface area (Å²) in [5.74, 6) is 0.913. The van der Waals surface area contributed by atoms with Crippen LogP contribution in [-0.2, 0) is 13.0 Å². The van der Waals surface area contributed by atoms with Crippen LogP contribution in [-0.4, -0.2) is 16.9 Å². The van der Waals surface area contributed by atoms with Crippen molar-refractivity contribution in [2.24, 2.45) is 0 Å². The maximum atomic E-state index is 13.9. The summed E-state index contributed by atoms with van der Waals surface area (Å²) in [6.07, 6.45) is 0.833. The van der Waals surface area contributed by atoms with Gasteiger partial charge in [-0.3, -0.25) is 9.36 Å². The molecule has 0 radical (unpaired) electrons. The maximum Gasteiger partial charge on any atom is 0.259 e. The van der Waals surface area contributed by atoms with Crippen molar-refractivity contribution in [2.75, 3.05) is 12.3 Å². The first-order valence-corrected chi connectivity index (χ1v) is 12.5. The van der Waals surface area contributed by atoms with Gasteiger partial charge in [0.2, 0.25) is 0 Å². The highest BCUT2D eigenvalue weighted by molar-refractivity contribution is 7.99. The van der Waals surface area contributed by atoms with Gasteiger partial charge in [-0.05, 0) is 34.7 Å². The van der Waals surface area contributed by atoms with E-state index in [0.717, 1.165) is 47.0 Å². The van der Waals surface area contributed by atoms with Gasteiger partial charge in [0.25, 0.3) is 5.56 Å². The molecule has 166 valence electrons. The number of nitrogens with zero attached hydrogens (tertiary/aromatic N) is 1. The van der Waals surface area contributed by atoms with E-state index in [2.05, 4.69) is 71.4 Å². The zero-order valence-corrected chi connectivity index (χ0v) is 19.6. The minimum absolute atomic E-state index is 0.127. The molecule has 3 aromatic carbocycles. The Bertz CT molecular complexity index is 1280. The van der Waals surface area contributed by atoms with Crippen LogP contribution in [0.2, 0.25) is 0 Å². The number of aromatic nitrogens is 1. The molecule has 1 aromatic heterocycles. The van der Waals surface area contributed by atoms with Crippen molar-refractivity contribution in [3.05, 3.63) is 124 Å². The highest BCUT2D eigenvalue weighted by Gasteiger charge is 2.30. The van der Waals surface area contributed by atoms with Crippen LogP contribution in [0.4, 0.5) is 0 Å². The lowest BCUT2D eigenvalue weighted by Crippen LogP contribution is -2.33. The smallest absolute Gasteiger partial charge is 0.259 e. The molecule has 0 spiro atoms. The molecule has 1 unspecified atom stereocenters. The molecule has 0 saturated heterocycles.